The number of nitrogens with zero attached hydrogens (tertiary/aromatic N) is 1. The molecule has 1 N–H and O–H groups in total. The monoisotopic (exact) mass is 456 g/mol. The molecule has 0 bridgehead atoms. The number of ether oxygens (including phenoxy) is 2. The van der Waals surface area contributed by atoms with Crippen LogP contribution in [0.4, 0.5) is 0 Å². The van der Waals surface area contributed by atoms with Crippen LogP contribution in [0.3, 0.4) is 0 Å². The Morgan fingerprint density at radius 2 is 1.88 bits per heavy atom. The number of rotatable bonds is 7. The molecule has 0 aliphatic carbocycles. The minimum atomic E-state index is -0.117. The highest BCUT2D eigenvalue weighted by atomic mass is 32.1. The molecule has 172 valence electrons. The van der Waals surface area contributed by atoms with Crippen molar-refractivity contribution >= 4 is 23.2 Å². The van der Waals surface area contributed by atoms with Gasteiger partial charge >= 0.3 is 0 Å². The molecule has 2 aromatic rings. The summed E-state index contributed by atoms with van der Waals surface area (Å²) in [6.07, 6.45) is 3.19. The summed E-state index contributed by atoms with van der Waals surface area (Å²) >= 11 is 1.47. The van der Waals surface area contributed by atoms with Gasteiger partial charge in [0.1, 0.15) is 5.75 Å². The Balaban J connectivity index is 1.34. The fourth-order valence-corrected chi connectivity index (χ4v) is 5.39. The molecule has 7 heteroatoms. The van der Waals surface area contributed by atoms with Crippen LogP contribution < -0.4 is 10.1 Å². The van der Waals surface area contributed by atoms with Crippen molar-refractivity contribution in [1.29, 1.82) is 0 Å². The van der Waals surface area contributed by atoms with Crippen LogP contribution in [-0.2, 0) is 14.9 Å². The van der Waals surface area contributed by atoms with Gasteiger partial charge in [-0.25, -0.2) is 0 Å². The maximum atomic E-state index is 13.0. The molecule has 2 aliphatic rings. The summed E-state index contributed by atoms with van der Waals surface area (Å²) < 4.78 is 11.2. The smallest absolute Gasteiger partial charge is 0.263 e. The van der Waals surface area contributed by atoms with E-state index in [0.29, 0.717) is 52.3 Å². The second-order valence-electron chi connectivity index (χ2n) is 8.61. The minimum absolute atomic E-state index is 0.0420. The molecule has 2 amide bonds. The molecule has 0 unspecified atom stereocenters. The number of piperidine rings is 1. The van der Waals surface area contributed by atoms with Gasteiger partial charge in [-0.15, -0.1) is 11.3 Å². The van der Waals surface area contributed by atoms with Gasteiger partial charge in [0.05, 0.1) is 11.5 Å². The van der Waals surface area contributed by atoms with Gasteiger partial charge in [-0.1, -0.05) is 18.2 Å². The van der Waals surface area contributed by atoms with E-state index in [2.05, 4.69) is 17.4 Å². The van der Waals surface area contributed by atoms with E-state index in [-0.39, 0.29) is 23.1 Å². The van der Waals surface area contributed by atoms with Gasteiger partial charge in [0, 0.05) is 44.2 Å². The van der Waals surface area contributed by atoms with Crippen LogP contribution >= 0.6 is 11.3 Å². The third kappa shape index (κ3) is 5.15. The molecule has 32 heavy (non-hydrogen) atoms. The lowest BCUT2D eigenvalue weighted by molar-refractivity contribution is -0.126. The molecular weight excluding hydrogens is 424 g/mol. The fraction of sp³-hybridized carbons (Fsp3) is 0.520. The lowest BCUT2D eigenvalue weighted by Crippen LogP contribution is -2.48. The molecule has 1 aromatic heterocycles. The minimum Gasteiger partial charge on any atom is -0.494 e. The number of benzene rings is 1. The zero-order chi connectivity index (χ0) is 22.4. The topological polar surface area (TPSA) is 67.9 Å². The van der Waals surface area contributed by atoms with Crippen molar-refractivity contribution in [2.45, 2.75) is 38.0 Å². The summed E-state index contributed by atoms with van der Waals surface area (Å²) in [5.74, 6) is 1.01. The average Bonchev–Trinajstić information content (AvgIpc) is 3.38. The van der Waals surface area contributed by atoms with Crippen LogP contribution in [0.1, 0.15) is 47.8 Å². The zero-order valence-corrected chi connectivity index (χ0v) is 19.5. The molecule has 0 spiro atoms. The van der Waals surface area contributed by atoms with Crippen LogP contribution in [-0.4, -0.2) is 56.2 Å². The van der Waals surface area contributed by atoms with Gasteiger partial charge in [0.2, 0.25) is 5.91 Å². The lowest BCUT2D eigenvalue weighted by atomic mass is 9.74. The first-order valence-electron chi connectivity index (χ1n) is 11.5. The summed E-state index contributed by atoms with van der Waals surface area (Å²) in [6.45, 7) is 5.90. The van der Waals surface area contributed by atoms with Crippen molar-refractivity contribution in [2.24, 2.45) is 5.92 Å². The first-order valence-corrected chi connectivity index (χ1v) is 12.4. The standard InChI is InChI=1S/C25H32N2O4S/c1-2-31-21-7-5-20(6-8-21)25(11-15-30-16-12-25)18-26-23(28)19-9-13-27(14-10-19)24(29)22-4-3-17-32-22/h3-8,17,19H,2,9-16,18H2,1H3,(H,26,28). The van der Waals surface area contributed by atoms with Gasteiger partial charge in [-0.05, 0) is 61.7 Å². The first kappa shape index (κ1) is 22.8. The summed E-state index contributed by atoms with van der Waals surface area (Å²) in [5, 5.41) is 5.17. The molecule has 2 aliphatic heterocycles. The van der Waals surface area contributed by atoms with Gasteiger partial charge in [0.15, 0.2) is 0 Å². The van der Waals surface area contributed by atoms with Crippen LogP contribution in [0.5, 0.6) is 5.75 Å². The van der Waals surface area contributed by atoms with Gasteiger partial charge < -0.3 is 19.7 Å². The number of hydrogen-bond acceptors (Lipinski definition) is 5. The number of nitrogens with one attached hydrogen (secondary N) is 1. The molecule has 2 saturated heterocycles. The first-order chi connectivity index (χ1) is 15.6. The lowest BCUT2D eigenvalue weighted by Gasteiger charge is -2.39. The van der Waals surface area contributed by atoms with Gasteiger partial charge in [-0.2, -0.15) is 0 Å². The van der Waals surface area contributed by atoms with Crippen LogP contribution in [0.2, 0.25) is 0 Å². The van der Waals surface area contributed by atoms with E-state index >= 15 is 0 Å². The molecule has 6 nitrogen and oxygen atoms in total. The quantitative estimate of drug-likeness (QED) is 0.687. The Morgan fingerprint density at radius 3 is 2.50 bits per heavy atom. The van der Waals surface area contributed by atoms with Crippen LogP contribution in [0.15, 0.2) is 41.8 Å². The summed E-state index contributed by atoms with van der Waals surface area (Å²) in [7, 11) is 0. The van der Waals surface area contributed by atoms with E-state index < -0.39 is 0 Å². The van der Waals surface area contributed by atoms with E-state index in [9.17, 15) is 9.59 Å². The van der Waals surface area contributed by atoms with Crippen LogP contribution in [0.25, 0.3) is 0 Å². The number of thiophene rings is 1. The van der Waals surface area contributed by atoms with Gasteiger partial charge in [-0.3, -0.25) is 9.59 Å². The number of amides is 2. The van der Waals surface area contributed by atoms with Crippen molar-refractivity contribution in [3.8, 4) is 5.75 Å². The van der Waals surface area contributed by atoms with Crippen molar-refractivity contribution in [3.63, 3.8) is 0 Å². The molecule has 0 saturated carbocycles. The number of carbonyl (C=O) groups excluding carboxylic acids is 2. The maximum absolute atomic E-state index is 13.0. The molecule has 0 atom stereocenters. The van der Waals surface area contributed by atoms with E-state index in [1.54, 1.807) is 0 Å². The molecule has 2 fully saturated rings. The van der Waals surface area contributed by atoms with E-state index in [0.717, 1.165) is 23.5 Å². The molecule has 1 aromatic carbocycles. The summed E-state index contributed by atoms with van der Waals surface area (Å²) in [4.78, 5) is 28.2. The molecule has 4 rings (SSSR count). The average molecular weight is 457 g/mol. The highest BCUT2D eigenvalue weighted by Crippen LogP contribution is 2.35. The highest BCUT2D eigenvalue weighted by Gasteiger charge is 2.36. The Hall–Kier alpha value is -2.38. The van der Waals surface area contributed by atoms with E-state index in [4.69, 9.17) is 9.47 Å². The third-order valence-electron chi connectivity index (χ3n) is 6.71. The number of carbonyl (C=O) groups is 2. The largest absolute Gasteiger partial charge is 0.494 e. The Kier molecular flexibility index (Phi) is 7.48. The molecule has 3 heterocycles. The Labute approximate surface area is 193 Å². The highest BCUT2D eigenvalue weighted by molar-refractivity contribution is 7.12. The fourth-order valence-electron chi connectivity index (χ4n) is 4.70. The number of hydrogen-bond donors (Lipinski definition) is 1. The number of likely N-dealkylation sites (tertiary alicyclic amines) is 1. The maximum Gasteiger partial charge on any atom is 0.263 e. The van der Waals surface area contributed by atoms with Crippen molar-refractivity contribution in [2.75, 3.05) is 39.5 Å². The predicted molar refractivity (Wildman–Crippen MR) is 125 cm³/mol. The second-order valence-corrected chi connectivity index (χ2v) is 9.56. The van der Waals surface area contributed by atoms with E-state index in [1.807, 2.05) is 41.5 Å². The van der Waals surface area contributed by atoms with Crippen LogP contribution in [0, 0.1) is 5.92 Å². The normalized spacial score (nSPS) is 18.8. The zero-order valence-electron chi connectivity index (χ0n) is 18.7. The summed E-state index contributed by atoms with van der Waals surface area (Å²) in [6, 6.07) is 12.0. The third-order valence-corrected chi connectivity index (χ3v) is 7.57. The van der Waals surface area contributed by atoms with Gasteiger partial charge in [0.25, 0.3) is 5.91 Å². The Bertz CT molecular complexity index is 883. The summed E-state index contributed by atoms with van der Waals surface area (Å²) in [5.41, 5.74) is 1.11. The van der Waals surface area contributed by atoms with Crippen molar-refractivity contribution in [3.05, 3.63) is 52.2 Å². The molecular formula is C25H32N2O4S. The molecule has 0 radical (unpaired) electrons. The second kappa shape index (κ2) is 10.5. The van der Waals surface area contributed by atoms with E-state index in [1.165, 1.54) is 16.9 Å². The van der Waals surface area contributed by atoms with Crippen molar-refractivity contribution in [1.82, 2.24) is 10.2 Å². The van der Waals surface area contributed by atoms with Crippen molar-refractivity contribution < 1.29 is 19.1 Å². The predicted octanol–water partition coefficient (Wildman–Crippen LogP) is 3.86. The SMILES string of the molecule is CCOc1ccc(C2(CNC(=O)C3CCN(C(=O)c4cccs4)CC3)CCOCC2)cc1. The Morgan fingerprint density at radius 1 is 1.16 bits per heavy atom.